The summed E-state index contributed by atoms with van der Waals surface area (Å²) >= 11 is 1.75. The molecule has 76 valence electrons. The quantitative estimate of drug-likeness (QED) is 0.396. The molecule has 0 aromatic carbocycles. The average molecular weight is 211 g/mol. The molecule has 1 aliphatic rings. The Hall–Kier alpha value is -0.950. The summed E-state index contributed by atoms with van der Waals surface area (Å²) in [7, 11) is 0. The third-order valence-corrected chi connectivity index (χ3v) is 3.38. The topological polar surface area (TPSA) is 50.1 Å². The van der Waals surface area contributed by atoms with Crippen LogP contribution in [0.2, 0.25) is 0 Å². The Morgan fingerprint density at radius 1 is 1.79 bits per heavy atom. The number of rotatable bonds is 2. The molecule has 1 fully saturated rings. The van der Waals surface area contributed by atoms with E-state index < -0.39 is 5.97 Å². The summed E-state index contributed by atoms with van der Waals surface area (Å²) in [5.41, 5.74) is 1.15. The van der Waals surface area contributed by atoms with E-state index in [-0.39, 0.29) is 5.57 Å². The predicted octanol–water partition coefficient (Wildman–Crippen LogP) is 1.75. The summed E-state index contributed by atoms with van der Waals surface area (Å²) < 4.78 is 4.83. The number of thioether (sulfide) groups is 1. The van der Waals surface area contributed by atoms with Crippen molar-refractivity contribution in [3.63, 3.8) is 0 Å². The van der Waals surface area contributed by atoms with Crippen LogP contribution in [0.1, 0.15) is 13.8 Å². The lowest BCUT2D eigenvalue weighted by atomic mass is 10.00. The summed E-state index contributed by atoms with van der Waals surface area (Å²) in [5, 5.41) is 8.88. The third kappa shape index (κ3) is 2.30. The second kappa shape index (κ2) is 5.06. The first-order valence-electron chi connectivity index (χ1n) is 4.58. The lowest BCUT2D eigenvalue weighted by molar-refractivity contribution is -0.138. The molecule has 14 heavy (non-hydrogen) atoms. The van der Waals surface area contributed by atoms with Gasteiger partial charge in [0.2, 0.25) is 0 Å². The summed E-state index contributed by atoms with van der Waals surface area (Å²) in [6.45, 7) is 4.09. The highest BCUT2D eigenvalue weighted by atomic mass is 32.2. The molecular formula is C10H13NO2S. The number of carbonyl (C=O) groups excluding carboxylic acids is 1. The van der Waals surface area contributed by atoms with Gasteiger partial charge in [0.15, 0.2) is 0 Å². The van der Waals surface area contributed by atoms with E-state index in [1.807, 2.05) is 13.0 Å². The van der Waals surface area contributed by atoms with Gasteiger partial charge in [-0.2, -0.15) is 17.0 Å². The fourth-order valence-corrected chi connectivity index (χ4v) is 2.68. The van der Waals surface area contributed by atoms with E-state index >= 15 is 0 Å². The van der Waals surface area contributed by atoms with Gasteiger partial charge in [0, 0.05) is 5.75 Å². The molecule has 0 N–H and O–H groups in total. The first-order chi connectivity index (χ1) is 6.70. The van der Waals surface area contributed by atoms with Gasteiger partial charge in [-0.1, -0.05) is 6.92 Å². The van der Waals surface area contributed by atoms with Gasteiger partial charge in [0.25, 0.3) is 0 Å². The van der Waals surface area contributed by atoms with Gasteiger partial charge in [-0.15, -0.1) is 0 Å². The van der Waals surface area contributed by atoms with Crippen molar-refractivity contribution in [3.05, 3.63) is 11.1 Å². The van der Waals surface area contributed by atoms with Gasteiger partial charge in [-0.05, 0) is 24.2 Å². The zero-order valence-electron chi connectivity index (χ0n) is 8.37. The molecule has 1 atom stereocenters. The number of nitriles is 1. The van der Waals surface area contributed by atoms with Gasteiger partial charge >= 0.3 is 5.97 Å². The van der Waals surface area contributed by atoms with Crippen molar-refractivity contribution in [2.45, 2.75) is 13.8 Å². The number of hydrogen-bond acceptors (Lipinski definition) is 4. The zero-order chi connectivity index (χ0) is 10.6. The molecule has 1 rings (SSSR count). The van der Waals surface area contributed by atoms with Gasteiger partial charge in [-0.3, -0.25) is 0 Å². The average Bonchev–Trinajstić information content (AvgIpc) is 2.54. The fourth-order valence-electron chi connectivity index (χ4n) is 1.36. The smallest absolute Gasteiger partial charge is 0.348 e. The van der Waals surface area contributed by atoms with Crippen molar-refractivity contribution in [1.29, 1.82) is 5.26 Å². The van der Waals surface area contributed by atoms with Crippen LogP contribution in [0.4, 0.5) is 0 Å². The maximum Gasteiger partial charge on any atom is 0.348 e. The van der Waals surface area contributed by atoms with Crippen LogP contribution in [0.3, 0.4) is 0 Å². The molecular weight excluding hydrogens is 198 g/mol. The van der Waals surface area contributed by atoms with E-state index in [0.717, 1.165) is 17.1 Å². The summed E-state index contributed by atoms with van der Waals surface area (Å²) in [5.74, 6) is 1.61. The van der Waals surface area contributed by atoms with Crippen LogP contribution in [-0.2, 0) is 9.53 Å². The normalized spacial score (nSPS) is 24.2. The van der Waals surface area contributed by atoms with E-state index in [1.54, 1.807) is 18.7 Å². The number of carbonyl (C=O) groups is 1. The monoisotopic (exact) mass is 211 g/mol. The van der Waals surface area contributed by atoms with Crippen molar-refractivity contribution in [2.24, 2.45) is 5.92 Å². The molecule has 1 aliphatic heterocycles. The Balaban J connectivity index is 2.90. The molecule has 0 bridgehead atoms. The lowest BCUT2D eigenvalue weighted by Gasteiger charge is -2.06. The Morgan fingerprint density at radius 2 is 2.50 bits per heavy atom. The van der Waals surface area contributed by atoms with Crippen LogP contribution in [0.25, 0.3) is 0 Å². The zero-order valence-corrected chi connectivity index (χ0v) is 9.19. The molecule has 0 amide bonds. The maximum atomic E-state index is 11.4. The summed E-state index contributed by atoms with van der Waals surface area (Å²) in [6, 6.07) is 1.95. The van der Waals surface area contributed by atoms with Gasteiger partial charge < -0.3 is 4.74 Å². The standard InChI is InChI=1S/C10H13NO2S/c1-3-13-10(12)8(4-11)9-6-14-5-7(9)2/h7H,3,5-6H2,1-2H3/b9-8-. The van der Waals surface area contributed by atoms with Crippen molar-refractivity contribution < 1.29 is 9.53 Å². The van der Waals surface area contributed by atoms with Gasteiger partial charge in [0.1, 0.15) is 11.6 Å². The Bertz CT molecular complexity index is 304. The largest absolute Gasteiger partial charge is 0.462 e. The molecule has 1 saturated heterocycles. The fraction of sp³-hybridized carbons (Fsp3) is 0.600. The first kappa shape index (κ1) is 11.1. The minimum atomic E-state index is -0.473. The van der Waals surface area contributed by atoms with Crippen LogP contribution in [0.15, 0.2) is 11.1 Å². The molecule has 1 unspecified atom stereocenters. The van der Waals surface area contributed by atoms with Crippen LogP contribution in [0, 0.1) is 17.2 Å². The first-order valence-corrected chi connectivity index (χ1v) is 5.74. The minimum absolute atomic E-state index is 0.212. The molecule has 0 spiro atoms. The second-order valence-electron chi connectivity index (χ2n) is 3.15. The van der Waals surface area contributed by atoms with E-state index in [4.69, 9.17) is 10.00 Å². The van der Waals surface area contributed by atoms with E-state index in [0.29, 0.717) is 12.5 Å². The molecule has 0 aliphatic carbocycles. The predicted molar refractivity (Wildman–Crippen MR) is 55.8 cm³/mol. The summed E-state index contributed by atoms with van der Waals surface area (Å²) in [4.78, 5) is 11.4. The van der Waals surface area contributed by atoms with Crippen molar-refractivity contribution in [2.75, 3.05) is 18.1 Å². The van der Waals surface area contributed by atoms with Crippen LogP contribution in [0.5, 0.6) is 0 Å². The number of nitrogens with zero attached hydrogens (tertiary/aromatic N) is 1. The van der Waals surface area contributed by atoms with Crippen LogP contribution >= 0.6 is 11.8 Å². The number of hydrogen-bond donors (Lipinski definition) is 0. The lowest BCUT2D eigenvalue weighted by Crippen LogP contribution is -2.11. The van der Waals surface area contributed by atoms with Crippen molar-refractivity contribution >= 4 is 17.7 Å². The third-order valence-electron chi connectivity index (χ3n) is 2.13. The van der Waals surface area contributed by atoms with Gasteiger partial charge in [-0.25, -0.2) is 4.79 Å². The molecule has 0 saturated carbocycles. The van der Waals surface area contributed by atoms with E-state index in [1.165, 1.54) is 0 Å². The summed E-state index contributed by atoms with van der Waals surface area (Å²) in [6.07, 6.45) is 0. The van der Waals surface area contributed by atoms with Crippen LogP contribution < -0.4 is 0 Å². The Kier molecular flexibility index (Phi) is 4.02. The highest BCUT2D eigenvalue weighted by molar-refractivity contribution is 7.99. The molecule has 0 aromatic heterocycles. The highest BCUT2D eigenvalue weighted by Crippen LogP contribution is 2.31. The Morgan fingerprint density at radius 3 is 2.93 bits per heavy atom. The van der Waals surface area contributed by atoms with Crippen molar-refractivity contribution in [1.82, 2.24) is 0 Å². The van der Waals surface area contributed by atoms with E-state index in [2.05, 4.69) is 0 Å². The maximum absolute atomic E-state index is 11.4. The Labute approximate surface area is 88.1 Å². The molecule has 3 nitrogen and oxygen atoms in total. The molecule has 0 aromatic rings. The van der Waals surface area contributed by atoms with Gasteiger partial charge in [0.05, 0.1) is 6.61 Å². The number of ether oxygens (including phenoxy) is 1. The molecule has 1 heterocycles. The number of esters is 1. The molecule has 4 heteroatoms. The SMILES string of the molecule is CCOC(=O)/C(C#N)=C1/CSCC1C. The minimum Gasteiger partial charge on any atom is -0.462 e. The molecule has 0 radical (unpaired) electrons. The van der Waals surface area contributed by atoms with Crippen molar-refractivity contribution in [3.8, 4) is 6.07 Å². The second-order valence-corrected chi connectivity index (χ2v) is 4.18. The highest BCUT2D eigenvalue weighted by Gasteiger charge is 2.25. The van der Waals surface area contributed by atoms with Crippen LogP contribution in [-0.4, -0.2) is 24.1 Å². The van der Waals surface area contributed by atoms with E-state index in [9.17, 15) is 4.79 Å².